The van der Waals surface area contributed by atoms with Crippen molar-refractivity contribution in [3.8, 4) is 0 Å². The molecule has 20 heavy (non-hydrogen) atoms. The Kier molecular flexibility index (Phi) is 5.94. The molecule has 2 aromatic rings. The molecule has 0 saturated carbocycles. The summed E-state index contributed by atoms with van der Waals surface area (Å²) in [7, 11) is 0. The van der Waals surface area contributed by atoms with Crippen molar-refractivity contribution in [3.05, 3.63) is 67.2 Å². The lowest BCUT2D eigenvalue weighted by atomic mass is 9.99. The fourth-order valence-corrected chi connectivity index (χ4v) is 3.63. The van der Waals surface area contributed by atoms with E-state index in [4.69, 9.17) is 11.6 Å². The number of halogens is 3. The summed E-state index contributed by atoms with van der Waals surface area (Å²) in [5.74, 6) is 0.678. The van der Waals surface area contributed by atoms with Gasteiger partial charge in [-0.3, -0.25) is 0 Å². The van der Waals surface area contributed by atoms with E-state index in [1.54, 1.807) is 0 Å². The van der Waals surface area contributed by atoms with Gasteiger partial charge in [0.2, 0.25) is 0 Å². The van der Waals surface area contributed by atoms with Crippen molar-refractivity contribution in [2.45, 2.75) is 25.6 Å². The third kappa shape index (κ3) is 4.22. The van der Waals surface area contributed by atoms with E-state index in [2.05, 4.69) is 94.8 Å². The van der Waals surface area contributed by atoms with Gasteiger partial charge in [-0.2, -0.15) is 0 Å². The molecule has 3 heteroatoms. The Morgan fingerprint density at radius 1 is 1.10 bits per heavy atom. The Hall–Kier alpha value is -0.0600. The zero-order valence-corrected chi connectivity index (χ0v) is 16.0. The monoisotopic (exact) mass is 462 g/mol. The van der Waals surface area contributed by atoms with Gasteiger partial charge in [-0.1, -0.05) is 54.0 Å². The number of hydrogen-bond donors (Lipinski definition) is 0. The first-order valence-electron chi connectivity index (χ1n) is 6.65. The van der Waals surface area contributed by atoms with Gasteiger partial charge in [0.15, 0.2) is 0 Å². The van der Waals surface area contributed by atoms with E-state index in [9.17, 15) is 0 Å². The van der Waals surface area contributed by atoms with E-state index in [0.29, 0.717) is 5.92 Å². The van der Waals surface area contributed by atoms with Gasteiger partial charge in [0.05, 0.1) is 5.38 Å². The highest BCUT2D eigenvalue weighted by molar-refractivity contribution is 14.1. The molecule has 0 aliphatic heterocycles. The van der Waals surface area contributed by atoms with Crippen LogP contribution in [0.3, 0.4) is 0 Å². The molecular formula is C17H17BrClI. The zero-order valence-electron chi connectivity index (χ0n) is 11.5. The predicted octanol–water partition coefficient (Wildman–Crippen LogP) is 6.58. The number of benzene rings is 2. The van der Waals surface area contributed by atoms with Crippen molar-refractivity contribution >= 4 is 50.1 Å². The second kappa shape index (κ2) is 7.28. The smallest absolute Gasteiger partial charge is 0.0846 e. The summed E-state index contributed by atoms with van der Waals surface area (Å²) < 4.78 is 2.26. The summed E-state index contributed by atoms with van der Waals surface area (Å²) in [6.07, 6.45) is 1.11. The van der Waals surface area contributed by atoms with Crippen LogP contribution in [0.4, 0.5) is 0 Å². The highest BCUT2D eigenvalue weighted by atomic mass is 127. The molecule has 0 heterocycles. The molecule has 1 atom stereocenters. The molecular weight excluding hydrogens is 446 g/mol. The van der Waals surface area contributed by atoms with Crippen molar-refractivity contribution in [1.82, 2.24) is 0 Å². The molecule has 2 aromatic carbocycles. The third-order valence-corrected chi connectivity index (χ3v) is 5.03. The maximum Gasteiger partial charge on any atom is 0.0846 e. The van der Waals surface area contributed by atoms with Crippen molar-refractivity contribution in [2.75, 3.05) is 0 Å². The van der Waals surface area contributed by atoms with Crippen LogP contribution in [0.2, 0.25) is 0 Å². The van der Waals surface area contributed by atoms with Crippen LogP contribution in [0.1, 0.15) is 35.9 Å². The van der Waals surface area contributed by atoms with Gasteiger partial charge in [-0.25, -0.2) is 0 Å². The summed E-state index contributed by atoms with van der Waals surface area (Å²) in [4.78, 5) is 0. The molecule has 0 amide bonds. The number of rotatable bonds is 4. The average molecular weight is 464 g/mol. The molecule has 0 radical (unpaired) electrons. The molecule has 0 N–H and O–H groups in total. The topological polar surface area (TPSA) is 0 Å². The molecule has 0 fully saturated rings. The standard InChI is InChI=1S/C17H17BrClI/c1-11(2)9-12-3-5-13(6-4-12)17(19)15-10-14(20)7-8-16(15)18/h3-8,10-11,17H,9H2,1-2H3. The van der Waals surface area contributed by atoms with Crippen LogP contribution in [-0.2, 0) is 6.42 Å². The first-order valence-corrected chi connectivity index (χ1v) is 8.96. The minimum atomic E-state index is -0.118. The van der Waals surface area contributed by atoms with E-state index in [1.807, 2.05) is 0 Å². The highest BCUT2D eigenvalue weighted by Crippen LogP contribution is 2.34. The molecule has 2 rings (SSSR count). The van der Waals surface area contributed by atoms with Gasteiger partial charge in [0.1, 0.15) is 0 Å². The summed E-state index contributed by atoms with van der Waals surface area (Å²) in [5, 5.41) is -0.118. The summed E-state index contributed by atoms with van der Waals surface area (Å²) in [6.45, 7) is 4.47. The van der Waals surface area contributed by atoms with Crippen LogP contribution in [-0.4, -0.2) is 0 Å². The van der Waals surface area contributed by atoms with Crippen LogP contribution in [0.5, 0.6) is 0 Å². The minimum Gasteiger partial charge on any atom is -0.113 e. The molecule has 106 valence electrons. The van der Waals surface area contributed by atoms with Crippen LogP contribution in [0, 0.1) is 9.49 Å². The molecule has 0 saturated heterocycles. The van der Waals surface area contributed by atoms with E-state index >= 15 is 0 Å². The largest absolute Gasteiger partial charge is 0.113 e. The number of alkyl halides is 1. The van der Waals surface area contributed by atoms with Crippen molar-refractivity contribution in [3.63, 3.8) is 0 Å². The van der Waals surface area contributed by atoms with Crippen molar-refractivity contribution < 1.29 is 0 Å². The van der Waals surface area contributed by atoms with Gasteiger partial charge < -0.3 is 0 Å². The molecule has 0 spiro atoms. The molecule has 0 bridgehead atoms. The summed E-state index contributed by atoms with van der Waals surface area (Å²) in [6, 6.07) is 14.9. The lowest BCUT2D eigenvalue weighted by molar-refractivity contribution is 0.647. The first-order chi connectivity index (χ1) is 9.47. The quantitative estimate of drug-likeness (QED) is 0.355. The Morgan fingerprint density at radius 2 is 1.75 bits per heavy atom. The first kappa shape index (κ1) is 16.3. The fraction of sp³-hybridized carbons (Fsp3) is 0.294. The third-order valence-electron chi connectivity index (χ3n) is 3.15. The molecule has 1 unspecified atom stereocenters. The van der Waals surface area contributed by atoms with E-state index in [-0.39, 0.29) is 5.38 Å². The predicted molar refractivity (Wildman–Crippen MR) is 99.5 cm³/mol. The minimum absolute atomic E-state index is 0.118. The second-order valence-electron chi connectivity index (χ2n) is 5.37. The molecule has 0 aliphatic carbocycles. The lowest BCUT2D eigenvalue weighted by Crippen LogP contribution is -1.98. The Labute approximate surface area is 148 Å². The van der Waals surface area contributed by atoms with Gasteiger partial charge in [0, 0.05) is 8.04 Å². The highest BCUT2D eigenvalue weighted by Gasteiger charge is 2.14. The maximum absolute atomic E-state index is 6.63. The van der Waals surface area contributed by atoms with Crippen LogP contribution in [0.15, 0.2) is 46.9 Å². The van der Waals surface area contributed by atoms with E-state index in [1.165, 1.54) is 9.13 Å². The van der Waals surface area contributed by atoms with E-state index in [0.717, 1.165) is 22.0 Å². The Balaban J connectivity index is 2.24. The lowest BCUT2D eigenvalue weighted by Gasteiger charge is -2.14. The van der Waals surface area contributed by atoms with Gasteiger partial charge in [0.25, 0.3) is 0 Å². The Bertz CT molecular complexity index is 578. The van der Waals surface area contributed by atoms with Crippen molar-refractivity contribution in [1.29, 1.82) is 0 Å². The molecule has 0 aliphatic rings. The van der Waals surface area contributed by atoms with Gasteiger partial charge in [-0.05, 0) is 69.8 Å². The van der Waals surface area contributed by atoms with E-state index < -0.39 is 0 Å². The van der Waals surface area contributed by atoms with Crippen molar-refractivity contribution in [2.24, 2.45) is 5.92 Å². The number of hydrogen-bond acceptors (Lipinski definition) is 0. The maximum atomic E-state index is 6.63. The summed E-state index contributed by atoms with van der Waals surface area (Å²) >= 11 is 12.5. The Morgan fingerprint density at radius 3 is 2.35 bits per heavy atom. The molecule has 0 aromatic heterocycles. The van der Waals surface area contributed by atoms with Crippen LogP contribution >= 0.6 is 50.1 Å². The zero-order chi connectivity index (χ0) is 14.7. The van der Waals surface area contributed by atoms with Crippen LogP contribution < -0.4 is 0 Å². The second-order valence-corrected chi connectivity index (χ2v) is 7.90. The van der Waals surface area contributed by atoms with Gasteiger partial charge in [-0.15, -0.1) is 11.6 Å². The normalized spacial score (nSPS) is 12.7. The average Bonchev–Trinajstić information content (AvgIpc) is 2.41. The molecule has 0 nitrogen and oxygen atoms in total. The van der Waals surface area contributed by atoms with Crippen LogP contribution in [0.25, 0.3) is 0 Å². The fourth-order valence-electron chi connectivity index (χ4n) is 2.18. The SMILES string of the molecule is CC(C)Cc1ccc(C(Cl)c2cc(I)ccc2Br)cc1. The summed E-state index contributed by atoms with van der Waals surface area (Å²) in [5.41, 5.74) is 3.63. The van der Waals surface area contributed by atoms with Gasteiger partial charge >= 0.3 is 0 Å².